The molecule has 0 aromatic carbocycles. The molecule has 0 spiro atoms. The van der Waals surface area contributed by atoms with E-state index < -0.39 is 5.97 Å². The molecule has 0 aliphatic rings. The zero-order valence-electron chi connectivity index (χ0n) is 8.28. The van der Waals surface area contributed by atoms with Crippen molar-refractivity contribution >= 4 is 11.5 Å². The van der Waals surface area contributed by atoms with Crippen LogP contribution in [0.5, 0.6) is 0 Å². The first-order chi connectivity index (χ1) is 6.60. The molecule has 14 heavy (non-hydrogen) atoms. The van der Waals surface area contributed by atoms with Crippen LogP contribution in [-0.4, -0.2) is 29.4 Å². The SMILES string of the molecule is C=C(CN)c1cc(C(=O)OC)nn1C. The van der Waals surface area contributed by atoms with Crippen molar-refractivity contribution in [1.29, 1.82) is 0 Å². The van der Waals surface area contributed by atoms with Gasteiger partial charge in [0.2, 0.25) is 0 Å². The Hall–Kier alpha value is -1.62. The highest BCUT2D eigenvalue weighted by Gasteiger charge is 2.13. The molecule has 76 valence electrons. The van der Waals surface area contributed by atoms with Gasteiger partial charge in [-0.05, 0) is 11.6 Å². The van der Waals surface area contributed by atoms with Gasteiger partial charge in [0.05, 0.1) is 12.8 Å². The first kappa shape index (κ1) is 10.5. The first-order valence-corrected chi connectivity index (χ1v) is 4.10. The van der Waals surface area contributed by atoms with Crippen molar-refractivity contribution in [2.75, 3.05) is 13.7 Å². The van der Waals surface area contributed by atoms with Crippen LogP contribution in [0.2, 0.25) is 0 Å². The summed E-state index contributed by atoms with van der Waals surface area (Å²) in [6.07, 6.45) is 0. The maximum atomic E-state index is 11.1. The largest absolute Gasteiger partial charge is 0.464 e. The molecule has 1 rings (SSSR count). The molecule has 1 aromatic rings. The number of ether oxygens (including phenoxy) is 1. The lowest BCUT2D eigenvalue weighted by atomic mass is 10.2. The monoisotopic (exact) mass is 195 g/mol. The van der Waals surface area contributed by atoms with Crippen molar-refractivity contribution < 1.29 is 9.53 Å². The van der Waals surface area contributed by atoms with Gasteiger partial charge in [0.1, 0.15) is 0 Å². The Morgan fingerprint density at radius 3 is 2.93 bits per heavy atom. The second kappa shape index (κ2) is 4.06. The van der Waals surface area contributed by atoms with E-state index >= 15 is 0 Å². The molecule has 0 bridgehead atoms. The number of carbonyl (C=O) groups is 1. The normalized spacial score (nSPS) is 9.93. The predicted octanol–water partition coefficient (Wildman–Crippen LogP) is 0.179. The molecule has 0 saturated heterocycles. The van der Waals surface area contributed by atoms with E-state index in [1.807, 2.05) is 0 Å². The summed E-state index contributed by atoms with van der Waals surface area (Å²) in [5, 5.41) is 3.98. The summed E-state index contributed by atoms with van der Waals surface area (Å²) in [6, 6.07) is 1.61. The summed E-state index contributed by atoms with van der Waals surface area (Å²) in [5.74, 6) is -0.461. The van der Waals surface area contributed by atoms with Gasteiger partial charge in [0, 0.05) is 13.6 Å². The number of hydrogen-bond acceptors (Lipinski definition) is 4. The van der Waals surface area contributed by atoms with Gasteiger partial charge in [-0.3, -0.25) is 4.68 Å². The molecule has 0 atom stereocenters. The second-order valence-electron chi connectivity index (χ2n) is 2.84. The number of methoxy groups -OCH3 is 1. The smallest absolute Gasteiger partial charge is 0.358 e. The zero-order valence-corrected chi connectivity index (χ0v) is 8.28. The minimum atomic E-state index is -0.461. The number of rotatable bonds is 3. The molecule has 2 N–H and O–H groups in total. The highest BCUT2D eigenvalue weighted by molar-refractivity contribution is 5.88. The molecule has 0 unspecified atom stereocenters. The molecule has 5 heteroatoms. The lowest BCUT2D eigenvalue weighted by Gasteiger charge is -2.00. The van der Waals surface area contributed by atoms with E-state index in [1.54, 1.807) is 17.8 Å². The molecular formula is C9H13N3O2. The second-order valence-corrected chi connectivity index (χ2v) is 2.84. The third kappa shape index (κ3) is 1.82. The third-order valence-electron chi connectivity index (χ3n) is 1.88. The van der Waals surface area contributed by atoms with E-state index in [-0.39, 0.29) is 5.69 Å². The number of aromatic nitrogens is 2. The molecule has 1 heterocycles. The van der Waals surface area contributed by atoms with Gasteiger partial charge in [-0.25, -0.2) is 4.79 Å². The Morgan fingerprint density at radius 2 is 2.43 bits per heavy atom. The van der Waals surface area contributed by atoms with Crippen LogP contribution in [0.1, 0.15) is 16.2 Å². The van der Waals surface area contributed by atoms with Gasteiger partial charge in [-0.1, -0.05) is 6.58 Å². The quantitative estimate of drug-likeness (QED) is 0.698. The van der Waals surface area contributed by atoms with Gasteiger partial charge < -0.3 is 10.5 Å². The number of nitrogens with two attached hydrogens (primary N) is 1. The van der Waals surface area contributed by atoms with Crippen LogP contribution in [0.15, 0.2) is 12.6 Å². The van der Waals surface area contributed by atoms with Gasteiger partial charge in [-0.15, -0.1) is 0 Å². The predicted molar refractivity (Wildman–Crippen MR) is 52.6 cm³/mol. The fourth-order valence-electron chi connectivity index (χ4n) is 1.11. The number of hydrogen-bond donors (Lipinski definition) is 1. The highest BCUT2D eigenvalue weighted by Crippen LogP contribution is 2.12. The number of aryl methyl sites for hydroxylation is 1. The van der Waals surface area contributed by atoms with E-state index in [0.29, 0.717) is 6.54 Å². The van der Waals surface area contributed by atoms with Gasteiger partial charge in [-0.2, -0.15) is 5.10 Å². The van der Waals surface area contributed by atoms with E-state index in [2.05, 4.69) is 16.4 Å². The summed E-state index contributed by atoms with van der Waals surface area (Å²) in [4.78, 5) is 11.1. The summed E-state index contributed by atoms with van der Waals surface area (Å²) in [5.41, 5.74) is 7.17. The standard InChI is InChI=1S/C9H13N3O2/c1-6(5-10)8-4-7(9(13)14-3)11-12(8)2/h4H,1,5,10H2,2-3H3. The average Bonchev–Trinajstić information content (AvgIpc) is 2.58. The van der Waals surface area contributed by atoms with Gasteiger partial charge >= 0.3 is 5.97 Å². The average molecular weight is 195 g/mol. The van der Waals surface area contributed by atoms with Crippen LogP contribution in [0.4, 0.5) is 0 Å². The van der Waals surface area contributed by atoms with Crippen LogP contribution >= 0.6 is 0 Å². The number of esters is 1. The molecule has 1 aromatic heterocycles. The zero-order chi connectivity index (χ0) is 10.7. The van der Waals surface area contributed by atoms with Crippen LogP contribution < -0.4 is 5.73 Å². The summed E-state index contributed by atoms with van der Waals surface area (Å²) in [6.45, 7) is 4.10. The topological polar surface area (TPSA) is 70.1 Å². The Labute approximate surface area is 82.2 Å². The van der Waals surface area contributed by atoms with Gasteiger partial charge in [0.15, 0.2) is 5.69 Å². The van der Waals surface area contributed by atoms with Crippen molar-refractivity contribution in [3.63, 3.8) is 0 Å². The minimum absolute atomic E-state index is 0.264. The summed E-state index contributed by atoms with van der Waals surface area (Å²) in [7, 11) is 3.04. The summed E-state index contributed by atoms with van der Waals surface area (Å²) >= 11 is 0. The lowest BCUT2D eigenvalue weighted by Crippen LogP contribution is -2.05. The molecule has 0 fully saturated rings. The maximum absolute atomic E-state index is 11.1. The number of carbonyl (C=O) groups excluding carboxylic acids is 1. The first-order valence-electron chi connectivity index (χ1n) is 4.10. The van der Waals surface area contributed by atoms with Crippen LogP contribution in [0.25, 0.3) is 5.57 Å². The fraction of sp³-hybridized carbons (Fsp3) is 0.333. The van der Waals surface area contributed by atoms with Crippen molar-refractivity contribution in [2.45, 2.75) is 0 Å². The minimum Gasteiger partial charge on any atom is -0.464 e. The molecule has 0 radical (unpaired) electrons. The van der Waals surface area contributed by atoms with Crippen molar-refractivity contribution in [3.05, 3.63) is 24.0 Å². The van der Waals surface area contributed by atoms with E-state index in [1.165, 1.54) is 7.11 Å². The number of nitrogens with zero attached hydrogens (tertiary/aromatic N) is 2. The lowest BCUT2D eigenvalue weighted by molar-refractivity contribution is 0.0593. The van der Waals surface area contributed by atoms with Crippen LogP contribution in [0.3, 0.4) is 0 Å². The molecular weight excluding hydrogens is 182 g/mol. The summed E-state index contributed by atoms with van der Waals surface area (Å²) < 4.78 is 6.10. The van der Waals surface area contributed by atoms with Crippen molar-refractivity contribution in [1.82, 2.24) is 9.78 Å². The third-order valence-corrected chi connectivity index (χ3v) is 1.88. The highest BCUT2D eigenvalue weighted by atomic mass is 16.5. The van der Waals surface area contributed by atoms with Crippen LogP contribution in [-0.2, 0) is 11.8 Å². The Bertz CT molecular complexity index is 368. The Morgan fingerprint density at radius 1 is 1.79 bits per heavy atom. The van der Waals surface area contributed by atoms with Gasteiger partial charge in [0.25, 0.3) is 0 Å². The molecule has 0 aliphatic heterocycles. The Kier molecular flexibility index (Phi) is 3.03. The maximum Gasteiger partial charge on any atom is 0.358 e. The van der Waals surface area contributed by atoms with E-state index in [0.717, 1.165) is 11.3 Å². The fourth-order valence-corrected chi connectivity index (χ4v) is 1.11. The van der Waals surface area contributed by atoms with Crippen LogP contribution in [0, 0.1) is 0 Å². The van der Waals surface area contributed by atoms with Crippen molar-refractivity contribution in [3.8, 4) is 0 Å². The molecule has 0 amide bonds. The molecule has 0 saturated carbocycles. The Balaban J connectivity index is 3.05. The van der Waals surface area contributed by atoms with E-state index in [4.69, 9.17) is 5.73 Å². The van der Waals surface area contributed by atoms with E-state index in [9.17, 15) is 4.79 Å². The molecule has 0 aliphatic carbocycles. The molecule has 5 nitrogen and oxygen atoms in total. The van der Waals surface area contributed by atoms with Crippen molar-refractivity contribution in [2.24, 2.45) is 12.8 Å².